The summed E-state index contributed by atoms with van der Waals surface area (Å²) in [4.78, 5) is 14.1. The summed E-state index contributed by atoms with van der Waals surface area (Å²) in [7, 11) is 5.73. The van der Waals surface area contributed by atoms with Crippen LogP contribution in [0.5, 0.6) is 17.2 Å². The van der Waals surface area contributed by atoms with Gasteiger partial charge < -0.3 is 18.9 Å². The minimum absolute atomic E-state index is 0.0309. The van der Waals surface area contributed by atoms with Crippen LogP contribution in [-0.4, -0.2) is 45.1 Å². The Morgan fingerprint density at radius 3 is 2.10 bits per heavy atom. The molecule has 0 fully saturated rings. The fourth-order valence-electron chi connectivity index (χ4n) is 4.74. The van der Waals surface area contributed by atoms with Gasteiger partial charge in [-0.1, -0.05) is 36.4 Å². The van der Waals surface area contributed by atoms with Crippen LogP contribution in [0.25, 0.3) is 11.1 Å². The van der Waals surface area contributed by atoms with Crippen molar-refractivity contribution in [2.45, 2.75) is 53.2 Å². The largest absolute Gasteiger partial charge is 0.496 e. The molecule has 4 rings (SSSR count). The van der Waals surface area contributed by atoms with E-state index in [-0.39, 0.29) is 19.0 Å². The average Bonchev–Trinajstić information content (AvgIpc) is 2.94. The third-order valence-corrected chi connectivity index (χ3v) is 7.18. The van der Waals surface area contributed by atoms with Crippen LogP contribution in [0.4, 0.5) is 0 Å². The standard InChI is InChI=1S/C34H41NO5/c1-23(35(5)6)40-27-20-16-25(17-21-27)32(30-12-8-11-29-28(30)10-9-13-31(29)37-7)24-14-18-26(19-15-24)38-22-39-33(36)34(2,3)4/h9-10,13-21,23H,8,11-12,22H2,1-7H3. The molecule has 40 heavy (non-hydrogen) atoms. The van der Waals surface area contributed by atoms with Crippen molar-refractivity contribution in [2.24, 2.45) is 5.41 Å². The first-order valence-electron chi connectivity index (χ1n) is 13.8. The molecule has 0 bridgehead atoms. The van der Waals surface area contributed by atoms with E-state index < -0.39 is 5.41 Å². The fraction of sp³-hybridized carbons (Fsp3) is 0.382. The summed E-state index contributed by atoms with van der Waals surface area (Å²) in [5, 5.41) is 0. The van der Waals surface area contributed by atoms with E-state index in [4.69, 9.17) is 18.9 Å². The Labute approximate surface area is 238 Å². The highest BCUT2D eigenvalue weighted by Crippen LogP contribution is 2.42. The van der Waals surface area contributed by atoms with Gasteiger partial charge in [0.2, 0.25) is 6.79 Å². The molecule has 0 saturated heterocycles. The minimum Gasteiger partial charge on any atom is -0.496 e. The Kier molecular flexibility index (Phi) is 9.21. The van der Waals surface area contributed by atoms with Crippen LogP contribution < -0.4 is 14.2 Å². The van der Waals surface area contributed by atoms with E-state index >= 15 is 0 Å². The van der Waals surface area contributed by atoms with Gasteiger partial charge in [-0.05, 0) is 119 Å². The predicted octanol–water partition coefficient (Wildman–Crippen LogP) is 7.20. The van der Waals surface area contributed by atoms with Gasteiger partial charge in [-0.25, -0.2) is 0 Å². The molecule has 0 saturated carbocycles. The summed E-state index contributed by atoms with van der Waals surface area (Å²) in [6.07, 6.45) is 2.97. The van der Waals surface area contributed by atoms with Crippen LogP contribution >= 0.6 is 0 Å². The highest BCUT2D eigenvalue weighted by atomic mass is 16.7. The Bertz CT molecular complexity index is 1330. The summed E-state index contributed by atoms with van der Waals surface area (Å²) in [5.41, 5.74) is 6.58. The smallest absolute Gasteiger partial charge is 0.314 e. The van der Waals surface area contributed by atoms with Crippen LogP contribution in [-0.2, 0) is 16.0 Å². The number of esters is 1. The molecule has 0 aromatic heterocycles. The maximum absolute atomic E-state index is 12.1. The normalized spacial score (nSPS) is 15.2. The number of fused-ring (bicyclic) bond motifs is 1. The van der Waals surface area contributed by atoms with Crippen molar-refractivity contribution in [2.75, 3.05) is 28.0 Å². The molecule has 1 aliphatic carbocycles. The van der Waals surface area contributed by atoms with Gasteiger partial charge >= 0.3 is 5.97 Å². The molecule has 1 aliphatic rings. The average molecular weight is 544 g/mol. The molecular formula is C34H41NO5. The second kappa shape index (κ2) is 12.6. The number of carbonyl (C=O) groups excluding carboxylic acids is 1. The number of nitrogens with zero attached hydrogens (tertiary/aromatic N) is 1. The second-order valence-electron chi connectivity index (χ2n) is 11.4. The number of hydrogen-bond acceptors (Lipinski definition) is 6. The van der Waals surface area contributed by atoms with Gasteiger partial charge in [0.1, 0.15) is 23.5 Å². The number of hydrogen-bond donors (Lipinski definition) is 0. The molecule has 212 valence electrons. The van der Waals surface area contributed by atoms with Crippen molar-refractivity contribution >= 4 is 17.1 Å². The molecule has 1 atom stereocenters. The molecule has 1 unspecified atom stereocenters. The number of methoxy groups -OCH3 is 1. The number of carbonyl (C=O) groups is 1. The highest BCUT2D eigenvalue weighted by molar-refractivity contribution is 6.00. The predicted molar refractivity (Wildman–Crippen MR) is 160 cm³/mol. The third kappa shape index (κ3) is 6.86. The highest BCUT2D eigenvalue weighted by Gasteiger charge is 2.24. The molecule has 3 aromatic rings. The topological polar surface area (TPSA) is 57.2 Å². The molecule has 6 heteroatoms. The second-order valence-corrected chi connectivity index (χ2v) is 11.4. The molecule has 3 aromatic carbocycles. The van der Waals surface area contributed by atoms with Crippen LogP contribution in [0.2, 0.25) is 0 Å². The zero-order valence-electron chi connectivity index (χ0n) is 24.7. The van der Waals surface area contributed by atoms with E-state index in [0.29, 0.717) is 5.75 Å². The van der Waals surface area contributed by atoms with E-state index in [1.807, 2.05) is 77.0 Å². The summed E-state index contributed by atoms with van der Waals surface area (Å²) >= 11 is 0. The van der Waals surface area contributed by atoms with Crippen molar-refractivity contribution in [3.63, 3.8) is 0 Å². The molecule has 6 nitrogen and oxygen atoms in total. The van der Waals surface area contributed by atoms with Crippen LogP contribution in [0, 0.1) is 5.41 Å². The Morgan fingerprint density at radius 2 is 1.52 bits per heavy atom. The molecule has 0 aliphatic heterocycles. The minimum atomic E-state index is -0.571. The van der Waals surface area contributed by atoms with Crippen molar-refractivity contribution in [3.05, 3.63) is 89.0 Å². The summed E-state index contributed by atoms with van der Waals surface area (Å²) in [6.45, 7) is 7.36. The third-order valence-electron chi connectivity index (χ3n) is 7.18. The first-order chi connectivity index (χ1) is 19.1. The molecule has 0 amide bonds. The summed E-state index contributed by atoms with van der Waals surface area (Å²) in [5.74, 6) is 2.11. The SMILES string of the molecule is COc1cccc2c1CCCC2=C(c1ccc(OCOC(=O)C(C)(C)C)cc1)c1ccc(OC(C)N(C)C)cc1. The van der Waals surface area contributed by atoms with Gasteiger partial charge in [0.25, 0.3) is 0 Å². The van der Waals surface area contributed by atoms with Gasteiger partial charge in [-0.15, -0.1) is 0 Å². The summed E-state index contributed by atoms with van der Waals surface area (Å²) < 4.78 is 22.8. The zero-order valence-corrected chi connectivity index (χ0v) is 24.7. The number of rotatable bonds is 9. The van der Waals surface area contributed by atoms with E-state index in [1.165, 1.54) is 22.3 Å². The zero-order chi connectivity index (χ0) is 28.9. The molecular weight excluding hydrogens is 502 g/mol. The monoisotopic (exact) mass is 543 g/mol. The fourth-order valence-corrected chi connectivity index (χ4v) is 4.74. The Balaban J connectivity index is 1.70. The lowest BCUT2D eigenvalue weighted by molar-refractivity contribution is -0.159. The van der Waals surface area contributed by atoms with Gasteiger partial charge in [0.15, 0.2) is 0 Å². The molecule has 0 spiro atoms. The van der Waals surface area contributed by atoms with Crippen molar-refractivity contribution in [1.29, 1.82) is 0 Å². The quantitative estimate of drug-likeness (QED) is 0.210. The van der Waals surface area contributed by atoms with Crippen LogP contribution in [0.3, 0.4) is 0 Å². The summed E-state index contributed by atoms with van der Waals surface area (Å²) in [6, 6.07) is 22.6. The lowest BCUT2D eigenvalue weighted by atomic mass is 9.80. The number of ether oxygens (including phenoxy) is 4. The first kappa shape index (κ1) is 29.2. The van der Waals surface area contributed by atoms with Gasteiger partial charge in [0, 0.05) is 5.56 Å². The number of benzene rings is 3. The van der Waals surface area contributed by atoms with Gasteiger partial charge in [0.05, 0.1) is 12.5 Å². The van der Waals surface area contributed by atoms with Crippen molar-refractivity contribution in [3.8, 4) is 17.2 Å². The van der Waals surface area contributed by atoms with Crippen LogP contribution in [0.15, 0.2) is 66.7 Å². The van der Waals surface area contributed by atoms with E-state index in [1.54, 1.807) is 7.11 Å². The maximum atomic E-state index is 12.1. The van der Waals surface area contributed by atoms with E-state index in [2.05, 4.69) is 36.4 Å². The first-order valence-corrected chi connectivity index (χ1v) is 13.8. The van der Waals surface area contributed by atoms with E-state index in [9.17, 15) is 4.79 Å². The lowest BCUT2D eigenvalue weighted by Crippen LogP contribution is -2.30. The van der Waals surface area contributed by atoms with E-state index in [0.717, 1.165) is 41.9 Å². The van der Waals surface area contributed by atoms with Gasteiger partial charge in [-0.3, -0.25) is 9.69 Å². The van der Waals surface area contributed by atoms with Gasteiger partial charge in [-0.2, -0.15) is 0 Å². The lowest BCUT2D eigenvalue weighted by Gasteiger charge is -2.25. The Morgan fingerprint density at radius 1 is 0.900 bits per heavy atom. The van der Waals surface area contributed by atoms with Crippen molar-refractivity contribution < 1.29 is 23.7 Å². The maximum Gasteiger partial charge on any atom is 0.314 e. The Hall–Kier alpha value is -3.77. The molecule has 0 radical (unpaired) electrons. The molecule has 0 heterocycles. The van der Waals surface area contributed by atoms with Crippen molar-refractivity contribution in [1.82, 2.24) is 4.90 Å². The number of allylic oxidation sites excluding steroid dienone is 1. The molecule has 0 N–H and O–H groups in total. The van der Waals surface area contributed by atoms with Crippen LogP contribution in [0.1, 0.15) is 62.8 Å².